The van der Waals surface area contributed by atoms with Crippen LogP contribution in [0.5, 0.6) is 0 Å². The van der Waals surface area contributed by atoms with Crippen LogP contribution in [0.15, 0.2) is 33.7 Å². The third-order valence-corrected chi connectivity index (χ3v) is 4.60. The van der Waals surface area contributed by atoms with Gasteiger partial charge in [-0.25, -0.2) is 0 Å². The van der Waals surface area contributed by atoms with Gasteiger partial charge in [-0.2, -0.15) is 0 Å². The van der Waals surface area contributed by atoms with E-state index in [2.05, 4.69) is 71.3 Å². The van der Waals surface area contributed by atoms with E-state index < -0.39 is 0 Å². The Morgan fingerprint density at radius 1 is 1.33 bits per heavy atom. The first-order valence-electron chi connectivity index (χ1n) is 6.31. The molecule has 1 aliphatic heterocycles. The van der Waals surface area contributed by atoms with E-state index >= 15 is 0 Å². The molecule has 3 unspecified atom stereocenters. The van der Waals surface area contributed by atoms with Gasteiger partial charge in [0.25, 0.3) is 0 Å². The van der Waals surface area contributed by atoms with Gasteiger partial charge in [0, 0.05) is 9.72 Å². The van der Waals surface area contributed by atoms with E-state index in [1.165, 1.54) is 12.0 Å². The molecule has 0 radical (unpaired) electrons. The third-order valence-electron chi connectivity index (χ3n) is 3.03. The number of nitrogens with zero attached hydrogens (tertiary/aromatic N) is 1. The summed E-state index contributed by atoms with van der Waals surface area (Å²) in [7, 11) is 0. The van der Waals surface area contributed by atoms with Crippen molar-refractivity contribution >= 4 is 32.9 Å². The predicted octanol–water partition coefficient (Wildman–Crippen LogP) is 4.37. The molecule has 1 N–H and O–H groups in total. The van der Waals surface area contributed by atoms with Crippen LogP contribution in [0.1, 0.15) is 38.8 Å². The summed E-state index contributed by atoms with van der Waals surface area (Å²) in [6.07, 6.45) is 1.17. The molecule has 3 atom stereocenters. The molecule has 0 saturated carbocycles. The lowest BCUT2D eigenvalue weighted by atomic mass is 10.1. The van der Waals surface area contributed by atoms with Crippen molar-refractivity contribution in [3.05, 3.63) is 34.3 Å². The van der Waals surface area contributed by atoms with E-state index in [4.69, 9.17) is 0 Å². The second-order valence-electron chi connectivity index (χ2n) is 4.87. The van der Waals surface area contributed by atoms with Gasteiger partial charge in [0.15, 0.2) is 5.17 Å². The first-order valence-corrected chi connectivity index (χ1v) is 7.98. The van der Waals surface area contributed by atoms with Crippen LogP contribution in [0.4, 0.5) is 0 Å². The maximum Gasteiger partial charge on any atom is 0.157 e. The van der Waals surface area contributed by atoms with E-state index in [0.717, 1.165) is 9.64 Å². The minimum absolute atomic E-state index is 0.293. The van der Waals surface area contributed by atoms with Crippen molar-refractivity contribution in [2.24, 2.45) is 4.99 Å². The topological polar surface area (TPSA) is 24.4 Å². The highest BCUT2D eigenvalue weighted by Crippen LogP contribution is 2.26. The minimum atomic E-state index is 0.293. The highest BCUT2D eigenvalue weighted by atomic mass is 79.9. The summed E-state index contributed by atoms with van der Waals surface area (Å²) in [5.74, 6) is 0. The molecule has 0 saturated heterocycles. The molecule has 1 aromatic rings. The number of nitrogens with one attached hydrogen (secondary N) is 1. The second kappa shape index (κ2) is 6.11. The van der Waals surface area contributed by atoms with Crippen LogP contribution in [0.3, 0.4) is 0 Å². The Balaban J connectivity index is 2.03. The third kappa shape index (κ3) is 3.75. The fourth-order valence-electron chi connectivity index (χ4n) is 2.09. The zero-order valence-corrected chi connectivity index (χ0v) is 13.4. The summed E-state index contributed by atoms with van der Waals surface area (Å²) < 4.78 is 1.12. The molecule has 98 valence electrons. The van der Waals surface area contributed by atoms with E-state index in [9.17, 15) is 0 Å². The molecule has 4 heteroatoms. The molecule has 0 aromatic heterocycles. The van der Waals surface area contributed by atoms with Gasteiger partial charge < -0.3 is 5.32 Å². The first-order chi connectivity index (χ1) is 8.54. The number of halogens is 1. The Morgan fingerprint density at radius 3 is 2.61 bits per heavy atom. The molecule has 0 aliphatic carbocycles. The number of aliphatic imine (C=N–C) groups is 1. The summed E-state index contributed by atoms with van der Waals surface area (Å²) in [5.41, 5.74) is 1.28. The van der Waals surface area contributed by atoms with Crippen LogP contribution in [-0.4, -0.2) is 16.5 Å². The Kier molecular flexibility index (Phi) is 4.73. The van der Waals surface area contributed by atoms with Crippen LogP contribution in [0.2, 0.25) is 0 Å². The van der Waals surface area contributed by atoms with Crippen molar-refractivity contribution in [2.75, 3.05) is 0 Å². The Hall–Kier alpha value is -0.480. The average Bonchev–Trinajstić information content (AvgIpc) is 2.28. The smallest absolute Gasteiger partial charge is 0.157 e. The fourth-order valence-corrected chi connectivity index (χ4v) is 3.60. The molecular formula is C14H19BrN2S. The number of rotatable bonds is 2. The van der Waals surface area contributed by atoms with Gasteiger partial charge >= 0.3 is 0 Å². The fraction of sp³-hybridized carbons (Fsp3) is 0.500. The van der Waals surface area contributed by atoms with Crippen molar-refractivity contribution < 1.29 is 0 Å². The van der Waals surface area contributed by atoms with Gasteiger partial charge in [0.1, 0.15) is 0 Å². The van der Waals surface area contributed by atoms with E-state index in [1.54, 1.807) is 0 Å². The van der Waals surface area contributed by atoms with Crippen molar-refractivity contribution in [3.63, 3.8) is 0 Å². The molecule has 2 nitrogen and oxygen atoms in total. The molecule has 0 fully saturated rings. The Bertz CT molecular complexity index is 430. The molecule has 0 spiro atoms. The predicted molar refractivity (Wildman–Crippen MR) is 84.3 cm³/mol. The summed E-state index contributed by atoms with van der Waals surface area (Å²) >= 11 is 5.31. The van der Waals surface area contributed by atoms with Crippen molar-refractivity contribution in [3.8, 4) is 0 Å². The zero-order valence-electron chi connectivity index (χ0n) is 11.0. The molecule has 1 aliphatic rings. The number of benzene rings is 1. The van der Waals surface area contributed by atoms with Gasteiger partial charge in [-0.15, -0.1) is 0 Å². The average molecular weight is 327 g/mol. The summed E-state index contributed by atoms with van der Waals surface area (Å²) in [6.45, 7) is 6.63. The lowest BCUT2D eigenvalue weighted by Gasteiger charge is -2.25. The standard InChI is InChI=1S/C14H19BrN2S/c1-9-8-10(2)18-14(16-9)17-11(3)12-4-6-13(15)7-5-12/h4-7,9-11H,8H2,1-3H3,(H,16,17). The van der Waals surface area contributed by atoms with Gasteiger partial charge in [-0.3, -0.25) is 4.99 Å². The van der Waals surface area contributed by atoms with Crippen molar-refractivity contribution in [2.45, 2.75) is 44.5 Å². The largest absolute Gasteiger partial charge is 0.358 e. The molecule has 0 amide bonds. The number of thioether (sulfide) groups is 1. The molecule has 1 aromatic carbocycles. The van der Waals surface area contributed by atoms with Crippen LogP contribution in [0.25, 0.3) is 0 Å². The number of amidine groups is 1. The highest BCUT2D eigenvalue weighted by Gasteiger charge is 2.19. The molecule has 0 bridgehead atoms. The van der Waals surface area contributed by atoms with Gasteiger partial charge in [-0.1, -0.05) is 46.7 Å². The first kappa shape index (κ1) is 13.9. The maximum absolute atomic E-state index is 4.67. The minimum Gasteiger partial charge on any atom is -0.358 e. The Labute approximate surface area is 122 Å². The molecule has 2 rings (SSSR count). The monoisotopic (exact) mass is 326 g/mol. The normalized spacial score (nSPS) is 25.4. The highest BCUT2D eigenvalue weighted by molar-refractivity contribution is 9.10. The van der Waals surface area contributed by atoms with E-state index in [1.807, 2.05) is 11.8 Å². The quantitative estimate of drug-likeness (QED) is 0.872. The van der Waals surface area contributed by atoms with Gasteiger partial charge in [0.05, 0.1) is 12.1 Å². The van der Waals surface area contributed by atoms with Crippen LogP contribution >= 0.6 is 27.7 Å². The van der Waals surface area contributed by atoms with Gasteiger partial charge in [-0.05, 0) is 38.0 Å². The lowest BCUT2D eigenvalue weighted by molar-refractivity contribution is 0.643. The van der Waals surface area contributed by atoms with Crippen molar-refractivity contribution in [1.29, 1.82) is 0 Å². The van der Waals surface area contributed by atoms with E-state index in [-0.39, 0.29) is 0 Å². The van der Waals surface area contributed by atoms with Crippen LogP contribution in [0, 0.1) is 0 Å². The van der Waals surface area contributed by atoms with Crippen molar-refractivity contribution in [1.82, 2.24) is 5.32 Å². The summed E-state index contributed by atoms with van der Waals surface area (Å²) in [5, 5.41) is 5.24. The van der Waals surface area contributed by atoms with Gasteiger partial charge in [0.2, 0.25) is 0 Å². The summed E-state index contributed by atoms with van der Waals surface area (Å²) in [6, 6.07) is 9.16. The van der Waals surface area contributed by atoms with Crippen LogP contribution in [-0.2, 0) is 0 Å². The SMILES string of the molecule is CC1CC(C)SC(NC(C)c2ccc(Br)cc2)=N1. The van der Waals surface area contributed by atoms with E-state index in [0.29, 0.717) is 17.3 Å². The maximum atomic E-state index is 4.67. The number of hydrogen-bond donors (Lipinski definition) is 1. The second-order valence-corrected chi connectivity index (χ2v) is 7.21. The molecule has 18 heavy (non-hydrogen) atoms. The summed E-state index contributed by atoms with van der Waals surface area (Å²) in [4.78, 5) is 4.67. The van der Waals surface area contributed by atoms with Crippen LogP contribution < -0.4 is 5.32 Å². The molecule has 1 heterocycles. The lowest BCUT2D eigenvalue weighted by Crippen LogP contribution is -2.30. The Morgan fingerprint density at radius 2 is 2.00 bits per heavy atom. The molecular weight excluding hydrogens is 308 g/mol. The number of hydrogen-bond acceptors (Lipinski definition) is 3. The zero-order chi connectivity index (χ0) is 13.1.